The van der Waals surface area contributed by atoms with Crippen molar-refractivity contribution in [2.45, 2.75) is 183 Å². The second-order valence-electron chi connectivity index (χ2n) is 20.9. The van der Waals surface area contributed by atoms with E-state index in [9.17, 15) is 65.1 Å². The lowest BCUT2D eigenvalue weighted by Gasteiger charge is -2.47. The molecule has 2 bridgehead atoms. The van der Waals surface area contributed by atoms with Gasteiger partial charge in [-0.15, -0.1) is 0 Å². The van der Waals surface area contributed by atoms with E-state index >= 15 is 0 Å². The zero-order valence-electron chi connectivity index (χ0n) is 48.5. The molecule has 0 aliphatic carbocycles. The maximum absolute atomic E-state index is 13.6. The van der Waals surface area contributed by atoms with Crippen molar-refractivity contribution < 1.29 is 103 Å². The summed E-state index contributed by atoms with van der Waals surface area (Å²) < 4.78 is 40.0. The number of urea groups is 1. The van der Waals surface area contributed by atoms with E-state index in [1.807, 2.05) is 6.92 Å². The lowest BCUT2D eigenvalue weighted by atomic mass is 9.86. The quantitative estimate of drug-likeness (QED) is 0.0236. The average molecular weight is 1210 g/mol. The van der Waals surface area contributed by atoms with E-state index in [4.69, 9.17) is 49.1 Å². The van der Waals surface area contributed by atoms with E-state index in [-0.39, 0.29) is 57.5 Å². The number of aliphatic hydroxyl groups is 9. The highest BCUT2D eigenvalue weighted by Gasteiger charge is 2.51. The smallest absolute Gasteiger partial charge is 0.462 e. The molecule has 2 fully saturated rings. The lowest BCUT2D eigenvalue weighted by molar-refractivity contribution is -0.303. The van der Waals surface area contributed by atoms with Crippen LogP contribution in [0.15, 0.2) is 110 Å². The van der Waals surface area contributed by atoms with E-state index in [2.05, 4.69) is 34.6 Å². The molecular weight excluding hydrogens is 1120 g/mol. The number of guanidine groups is 1. The number of nitrogens with one attached hydrogen (secondary N) is 5. The van der Waals surface area contributed by atoms with Gasteiger partial charge < -0.3 is 101 Å². The molecule has 0 aromatic heterocycles. The maximum atomic E-state index is 13.6. The first-order valence-corrected chi connectivity index (χ1v) is 28.1. The number of carbonyl (C=O) groups excluding carboxylic acids is 4. The van der Waals surface area contributed by atoms with Crippen molar-refractivity contribution >= 4 is 30.2 Å². The Labute approximate surface area is 495 Å². The van der Waals surface area contributed by atoms with Gasteiger partial charge in [0.2, 0.25) is 0 Å². The van der Waals surface area contributed by atoms with E-state index in [1.54, 1.807) is 92.8 Å². The zero-order chi connectivity index (χ0) is 63.1. The Morgan fingerprint density at radius 1 is 0.729 bits per heavy atom. The van der Waals surface area contributed by atoms with Crippen LogP contribution in [0.5, 0.6) is 0 Å². The summed E-state index contributed by atoms with van der Waals surface area (Å²) in [7, 11) is 0. The first kappa shape index (κ1) is 72.9. The number of alkyl carbamates (subject to hydrolysis) is 1. The first-order chi connectivity index (χ1) is 40.4. The minimum atomic E-state index is -2.49. The number of rotatable bonds is 13. The Hall–Kier alpha value is -6.31. The monoisotopic (exact) mass is 1210 g/mol. The Morgan fingerprint density at radius 2 is 1.34 bits per heavy atom. The third kappa shape index (κ3) is 27.7. The summed E-state index contributed by atoms with van der Waals surface area (Å²) in [4.78, 5) is 57.5. The predicted octanol–water partition coefficient (Wildman–Crippen LogP) is 1.39. The third-order valence-electron chi connectivity index (χ3n) is 13.8. The van der Waals surface area contributed by atoms with E-state index in [0.717, 1.165) is 0 Å². The van der Waals surface area contributed by atoms with Crippen LogP contribution >= 0.6 is 0 Å². The van der Waals surface area contributed by atoms with Crippen LogP contribution in [0, 0.1) is 17.2 Å². The molecule has 19 atom stereocenters. The van der Waals surface area contributed by atoms with Crippen LogP contribution in [0.3, 0.4) is 0 Å². The highest BCUT2D eigenvalue weighted by Crippen LogP contribution is 2.37. The molecule has 27 nitrogen and oxygen atoms in total. The number of fused-ring (bicyclic) bond motifs is 2. The summed E-state index contributed by atoms with van der Waals surface area (Å²) in [6.07, 6.45) is 1.17. The highest BCUT2D eigenvalue weighted by atomic mass is 16.7. The summed E-state index contributed by atoms with van der Waals surface area (Å²) in [5.41, 5.74) is 7.49. The summed E-state index contributed by atoms with van der Waals surface area (Å²) in [5.74, 6) is -4.43. The van der Waals surface area contributed by atoms with Gasteiger partial charge in [0.05, 0.1) is 80.0 Å². The molecule has 3 aliphatic heterocycles. The van der Waals surface area contributed by atoms with Crippen molar-refractivity contribution in [2.24, 2.45) is 17.6 Å². The second-order valence-corrected chi connectivity index (χ2v) is 20.9. The van der Waals surface area contributed by atoms with Gasteiger partial charge in [0.25, 0.3) is 0 Å². The Kier molecular flexibility index (Phi) is 33.2. The van der Waals surface area contributed by atoms with E-state index in [0.29, 0.717) is 0 Å². The van der Waals surface area contributed by atoms with Crippen molar-refractivity contribution in [1.82, 2.24) is 21.4 Å². The van der Waals surface area contributed by atoms with Crippen LogP contribution in [0.2, 0.25) is 0 Å². The molecule has 3 amide bonds. The standard InChI is InChI=1S/C58H90N6O21/c1-7-26-78-56(75)63-49-51(72)38(6)82-53(52(49)73)83-42-22-20-18-16-14-12-10-9-11-13-15-17-19-21-35(3)50(71)36(4)37(5)81-47(70)31-40(66)29-39(65)23-24-43(68)44(69)30-41(67)33-58(77)34-46(84-57(76)79-27-8-2)48(45(32-42)85-58)62-55(74)64-80-28-25-61-54(59)60/h7-22,35-46,48-53,65-69,71-73,77H,1-2,23-34H2,3-6H3,(H,63,75)(H4,59,60,61)(H2,62,64,74)/b10-9+,13-11+,14-12+,17-15+,18-16+,21-19+,22-20+/t35-,36-,37-,38+,39+,40+,41-,42-,43+,44+,45-,46-,48-,49-,50+,51+,52-,53-,58+/m0/s1. The molecule has 3 rings (SSSR count). The summed E-state index contributed by atoms with van der Waals surface area (Å²) in [5, 5.41) is 116. The maximum Gasteiger partial charge on any atom is 0.508 e. The Bertz CT molecular complexity index is 2300. The summed E-state index contributed by atoms with van der Waals surface area (Å²) >= 11 is 0. The molecule has 3 heterocycles. The molecule has 0 aromatic carbocycles. The predicted molar refractivity (Wildman–Crippen MR) is 308 cm³/mol. The number of aliphatic hydroxyl groups excluding tert-OH is 8. The molecule has 3 aliphatic rings. The number of cyclic esters (lactones) is 1. The van der Waals surface area contributed by atoms with Gasteiger partial charge in [0.1, 0.15) is 37.6 Å². The van der Waals surface area contributed by atoms with Crippen LogP contribution in [0.25, 0.3) is 0 Å². The van der Waals surface area contributed by atoms with Crippen molar-refractivity contribution in [1.29, 1.82) is 5.41 Å². The van der Waals surface area contributed by atoms with Gasteiger partial charge in [-0.3, -0.25) is 15.0 Å². The Balaban J connectivity index is 2.12. The molecule has 0 aromatic rings. The fourth-order valence-corrected chi connectivity index (χ4v) is 9.19. The number of hydrogen-bond donors (Lipinski definition) is 15. The number of esters is 1. The molecular formula is C58H90N6O21. The van der Waals surface area contributed by atoms with Gasteiger partial charge in [-0.25, -0.2) is 19.9 Å². The van der Waals surface area contributed by atoms with Crippen molar-refractivity contribution in [3.8, 4) is 0 Å². The van der Waals surface area contributed by atoms with Gasteiger partial charge in [0, 0.05) is 44.1 Å². The van der Waals surface area contributed by atoms with E-state index < -0.39 is 166 Å². The minimum absolute atomic E-state index is 0.00148. The average Bonchev–Trinajstić information content (AvgIpc) is 2.66. The summed E-state index contributed by atoms with van der Waals surface area (Å²) in [6.45, 7) is 12.9. The van der Waals surface area contributed by atoms with Gasteiger partial charge in [-0.1, -0.05) is 124 Å². The lowest BCUT2D eigenvalue weighted by Crippen LogP contribution is -2.65. The number of nitrogens with two attached hydrogens (primary N) is 1. The number of hydrogen-bond acceptors (Lipinski definition) is 22. The van der Waals surface area contributed by atoms with Crippen molar-refractivity contribution in [3.05, 3.63) is 110 Å². The fourth-order valence-electron chi connectivity index (χ4n) is 9.19. The van der Waals surface area contributed by atoms with Crippen LogP contribution in [-0.4, -0.2) is 206 Å². The van der Waals surface area contributed by atoms with Gasteiger partial charge in [-0.2, -0.15) is 0 Å². The molecule has 0 unspecified atom stereocenters. The molecule has 478 valence electrons. The Morgan fingerprint density at radius 3 is 1.96 bits per heavy atom. The zero-order valence-corrected chi connectivity index (χ0v) is 48.5. The van der Waals surface area contributed by atoms with Crippen LogP contribution in [-0.2, 0) is 42.8 Å². The van der Waals surface area contributed by atoms with Gasteiger partial charge >= 0.3 is 24.2 Å². The molecule has 0 radical (unpaired) electrons. The number of ether oxygens (including phenoxy) is 7. The largest absolute Gasteiger partial charge is 0.508 e. The number of amides is 3. The van der Waals surface area contributed by atoms with Crippen LogP contribution in [0.4, 0.5) is 14.4 Å². The first-order valence-electron chi connectivity index (χ1n) is 28.1. The van der Waals surface area contributed by atoms with Crippen molar-refractivity contribution in [3.63, 3.8) is 0 Å². The van der Waals surface area contributed by atoms with Crippen molar-refractivity contribution in [2.75, 3.05) is 26.4 Å². The fraction of sp³-hybridized carbons (Fsp3) is 0.603. The third-order valence-corrected chi connectivity index (χ3v) is 13.8. The summed E-state index contributed by atoms with van der Waals surface area (Å²) in [6, 6.07) is -3.90. The number of allylic oxidation sites excluding steroid dienone is 12. The molecule has 27 heteroatoms. The highest BCUT2D eigenvalue weighted by molar-refractivity contribution is 5.74. The topological polar surface area (TPSA) is 422 Å². The van der Waals surface area contributed by atoms with Gasteiger partial charge in [0.15, 0.2) is 18.0 Å². The van der Waals surface area contributed by atoms with E-state index in [1.165, 1.54) is 25.2 Å². The normalized spacial score (nSPS) is 37.0. The number of hydroxylamine groups is 1. The van der Waals surface area contributed by atoms with Crippen LogP contribution in [0.1, 0.15) is 79.1 Å². The molecule has 2 saturated heterocycles. The molecule has 85 heavy (non-hydrogen) atoms. The molecule has 16 N–H and O–H groups in total. The molecule has 0 saturated carbocycles. The SMILES string of the molecule is C=CCOC(=O)N[C@@H]1[C@H](O)[C@H](O[C@H]2/C=C/C=C/C=C/C=C/C=C/C=C/C=C/[C@H](C)[C@@H](O)[C@@H](C)[C@H](C)OC(=O)C[C@H](O)C[C@H](O)CC[C@@H](O)[C@H](O)C[C@H](O)C[C@]3(O)C[C@H](OC(=O)OCC=C)[C@@H](NC(=O)NOCCNC(=N)N)[C@H](C2)O3)O[C@H](C)[C@H]1O. The number of carbonyl (C=O) groups is 4. The molecule has 0 spiro atoms. The van der Waals surface area contributed by atoms with Gasteiger partial charge in [-0.05, 0) is 33.1 Å². The second kappa shape index (κ2) is 38.7. The minimum Gasteiger partial charge on any atom is -0.462 e. The van der Waals surface area contributed by atoms with Crippen LogP contribution < -0.4 is 27.2 Å².